The van der Waals surface area contributed by atoms with E-state index in [4.69, 9.17) is 14.2 Å². The van der Waals surface area contributed by atoms with Gasteiger partial charge in [0.25, 0.3) is 5.91 Å². The molecule has 1 aromatic carbocycles. The first-order valence-corrected chi connectivity index (χ1v) is 11.1. The summed E-state index contributed by atoms with van der Waals surface area (Å²) in [5.41, 5.74) is 2.45. The molecule has 8 heteroatoms. The van der Waals surface area contributed by atoms with E-state index in [1.165, 1.54) is 28.0 Å². The highest BCUT2D eigenvalue weighted by atomic mass is 16.5. The summed E-state index contributed by atoms with van der Waals surface area (Å²) in [6.07, 6.45) is 0.796. The highest BCUT2D eigenvalue weighted by Crippen LogP contribution is 2.29. The number of hydrogen-bond donors (Lipinski definition) is 3. The van der Waals surface area contributed by atoms with E-state index in [1.807, 2.05) is 19.9 Å². The third-order valence-corrected chi connectivity index (χ3v) is 6.34. The highest BCUT2D eigenvalue weighted by molar-refractivity contribution is 5.85. The molecule has 0 radical (unpaired) electrons. The van der Waals surface area contributed by atoms with Crippen LogP contribution in [0.3, 0.4) is 0 Å². The summed E-state index contributed by atoms with van der Waals surface area (Å²) >= 11 is 0. The van der Waals surface area contributed by atoms with Crippen LogP contribution < -0.4 is 24.6 Å². The maximum atomic E-state index is 12.5. The van der Waals surface area contributed by atoms with Crippen molar-refractivity contribution in [3.05, 3.63) is 23.3 Å². The Hall–Kier alpha value is -2.32. The second kappa shape index (κ2) is 11.9. The van der Waals surface area contributed by atoms with Gasteiger partial charge < -0.3 is 29.3 Å². The lowest BCUT2D eigenvalue weighted by Gasteiger charge is -2.30. The van der Waals surface area contributed by atoms with Gasteiger partial charge >= 0.3 is 5.97 Å². The van der Waals surface area contributed by atoms with Crippen LogP contribution in [-0.2, 0) is 20.9 Å². The molecule has 1 aliphatic heterocycles. The average Bonchev–Trinajstić information content (AvgIpc) is 2.78. The molecular weight excluding hydrogens is 398 g/mol. The molecule has 0 unspecified atom stereocenters. The first kappa shape index (κ1) is 24.9. The normalized spacial score (nSPS) is 20.5. The van der Waals surface area contributed by atoms with Crippen LogP contribution in [0.1, 0.15) is 31.4 Å². The Morgan fingerprint density at radius 3 is 2.16 bits per heavy atom. The quantitative estimate of drug-likeness (QED) is 0.409. The lowest BCUT2D eigenvalue weighted by molar-refractivity contribution is -1.02. The van der Waals surface area contributed by atoms with Gasteiger partial charge in [-0.15, -0.1) is 0 Å². The molecular formula is C23H39N3O5+2. The van der Waals surface area contributed by atoms with Gasteiger partial charge in [0.15, 0.2) is 18.0 Å². The number of ether oxygens (including phenoxy) is 3. The number of methoxy groups -OCH3 is 3. The van der Waals surface area contributed by atoms with Crippen LogP contribution in [0.4, 0.5) is 0 Å². The molecule has 0 aliphatic carbocycles. The summed E-state index contributed by atoms with van der Waals surface area (Å²) < 4.78 is 15.7. The molecule has 31 heavy (non-hydrogen) atoms. The number of rotatable bonds is 10. The Kier molecular flexibility index (Phi) is 9.58. The monoisotopic (exact) mass is 437 g/mol. The van der Waals surface area contributed by atoms with Gasteiger partial charge in [-0.3, -0.25) is 4.79 Å². The zero-order chi connectivity index (χ0) is 23.0. The number of benzene rings is 1. The van der Waals surface area contributed by atoms with Crippen molar-refractivity contribution in [2.75, 3.05) is 54.1 Å². The SMILES string of the molecule is CC[C@H](C)[C@@H](NC(=O)C[NH+]1CC[NH+](Cc2cc(OC)c(OC)cc2C)CC1)C(=O)OC. The molecule has 1 aromatic rings. The average molecular weight is 438 g/mol. The second-order valence-corrected chi connectivity index (χ2v) is 8.44. The van der Waals surface area contributed by atoms with Crippen LogP contribution in [0, 0.1) is 12.8 Å². The summed E-state index contributed by atoms with van der Waals surface area (Å²) in [6, 6.07) is 3.51. The molecule has 1 saturated heterocycles. The lowest BCUT2D eigenvalue weighted by Crippen LogP contribution is -3.28. The van der Waals surface area contributed by atoms with Gasteiger partial charge in [0.1, 0.15) is 38.8 Å². The fourth-order valence-corrected chi connectivity index (χ4v) is 4.04. The Morgan fingerprint density at radius 2 is 1.61 bits per heavy atom. The van der Waals surface area contributed by atoms with Gasteiger partial charge in [-0.2, -0.15) is 0 Å². The van der Waals surface area contributed by atoms with E-state index in [-0.39, 0.29) is 17.8 Å². The van der Waals surface area contributed by atoms with E-state index in [2.05, 4.69) is 18.3 Å². The fraction of sp³-hybridized carbons (Fsp3) is 0.652. The number of amides is 1. The van der Waals surface area contributed by atoms with E-state index in [9.17, 15) is 9.59 Å². The minimum Gasteiger partial charge on any atom is -0.493 e. The number of quaternary nitrogens is 2. The Bertz CT molecular complexity index is 747. The summed E-state index contributed by atoms with van der Waals surface area (Å²) in [5, 5.41) is 2.88. The van der Waals surface area contributed by atoms with Crippen molar-refractivity contribution in [3.8, 4) is 11.5 Å². The Balaban J connectivity index is 1.87. The number of nitrogens with one attached hydrogen (secondary N) is 3. The van der Waals surface area contributed by atoms with Crippen molar-refractivity contribution in [2.24, 2.45) is 5.92 Å². The van der Waals surface area contributed by atoms with E-state index < -0.39 is 6.04 Å². The summed E-state index contributed by atoms with van der Waals surface area (Å²) in [4.78, 5) is 27.3. The van der Waals surface area contributed by atoms with E-state index in [0.717, 1.165) is 50.6 Å². The molecule has 1 aliphatic rings. The molecule has 0 spiro atoms. The zero-order valence-corrected chi connectivity index (χ0v) is 19.8. The van der Waals surface area contributed by atoms with Gasteiger partial charge in [0.2, 0.25) is 0 Å². The largest absolute Gasteiger partial charge is 0.493 e. The highest BCUT2D eigenvalue weighted by Gasteiger charge is 2.30. The molecule has 1 amide bonds. The fourth-order valence-electron chi connectivity index (χ4n) is 4.04. The second-order valence-electron chi connectivity index (χ2n) is 8.44. The molecule has 1 heterocycles. The summed E-state index contributed by atoms with van der Waals surface area (Å²) in [7, 11) is 4.66. The van der Waals surface area contributed by atoms with Crippen LogP contribution >= 0.6 is 0 Å². The first-order valence-electron chi connectivity index (χ1n) is 11.1. The Morgan fingerprint density at radius 1 is 1.03 bits per heavy atom. The number of piperazine rings is 1. The molecule has 0 saturated carbocycles. The van der Waals surface area contributed by atoms with Crippen molar-refractivity contribution in [2.45, 2.75) is 39.8 Å². The molecule has 174 valence electrons. The zero-order valence-electron chi connectivity index (χ0n) is 19.8. The minimum atomic E-state index is -0.582. The number of aryl methyl sites for hydroxylation is 1. The van der Waals surface area contributed by atoms with E-state index in [1.54, 1.807) is 14.2 Å². The molecule has 3 N–H and O–H groups in total. The van der Waals surface area contributed by atoms with Crippen molar-refractivity contribution < 1.29 is 33.6 Å². The molecule has 1 fully saturated rings. The van der Waals surface area contributed by atoms with Gasteiger partial charge in [0, 0.05) is 5.56 Å². The number of carbonyl (C=O) groups is 2. The van der Waals surface area contributed by atoms with Gasteiger partial charge in [-0.05, 0) is 30.5 Å². The van der Waals surface area contributed by atoms with Crippen molar-refractivity contribution in [1.29, 1.82) is 0 Å². The van der Waals surface area contributed by atoms with Crippen LogP contribution in [0.15, 0.2) is 12.1 Å². The van der Waals surface area contributed by atoms with Crippen molar-refractivity contribution in [1.82, 2.24) is 5.32 Å². The van der Waals surface area contributed by atoms with Gasteiger partial charge in [0.05, 0.1) is 21.3 Å². The number of hydrogen-bond acceptors (Lipinski definition) is 5. The standard InChI is InChI=1S/C23H37N3O5/c1-7-16(2)22(23(28)31-6)24-21(27)15-26-10-8-25(9-11-26)14-18-13-20(30-5)19(29-4)12-17(18)3/h12-13,16,22H,7-11,14-15H2,1-6H3,(H,24,27)/p+2/t16-,22+/m0/s1. The molecule has 0 bridgehead atoms. The maximum absolute atomic E-state index is 12.5. The third-order valence-electron chi connectivity index (χ3n) is 6.34. The summed E-state index contributed by atoms with van der Waals surface area (Å²) in [5.74, 6) is 1.08. The van der Waals surface area contributed by atoms with Crippen molar-refractivity contribution in [3.63, 3.8) is 0 Å². The molecule has 2 atom stereocenters. The molecule has 8 nitrogen and oxygen atoms in total. The number of esters is 1. The molecule has 0 aromatic heterocycles. The predicted octanol–water partition coefficient (Wildman–Crippen LogP) is -1.00. The maximum Gasteiger partial charge on any atom is 0.328 e. The van der Waals surface area contributed by atoms with E-state index >= 15 is 0 Å². The molecule has 2 rings (SSSR count). The predicted molar refractivity (Wildman–Crippen MR) is 118 cm³/mol. The summed E-state index contributed by atoms with van der Waals surface area (Å²) in [6.45, 7) is 11.2. The first-order chi connectivity index (χ1) is 14.8. The van der Waals surface area contributed by atoms with Crippen LogP contribution in [-0.4, -0.2) is 72.0 Å². The Labute approximate surface area is 185 Å². The van der Waals surface area contributed by atoms with Crippen LogP contribution in [0.5, 0.6) is 11.5 Å². The lowest BCUT2D eigenvalue weighted by atomic mass is 9.99. The van der Waals surface area contributed by atoms with Crippen LogP contribution in [0.2, 0.25) is 0 Å². The van der Waals surface area contributed by atoms with Crippen LogP contribution in [0.25, 0.3) is 0 Å². The number of carbonyl (C=O) groups excluding carboxylic acids is 2. The smallest absolute Gasteiger partial charge is 0.328 e. The van der Waals surface area contributed by atoms with E-state index in [0.29, 0.717) is 6.54 Å². The van der Waals surface area contributed by atoms with Gasteiger partial charge in [-0.25, -0.2) is 4.79 Å². The van der Waals surface area contributed by atoms with Crippen molar-refractivity contribution >= 4 is 11.9 Å². The minimum absolute atomic E-state index is 0.0393. The van der Waals surface area contributed by atoms with Gasteiger partial charge in [-0.1, -0.05) is 20.3 Å². The topological polar surface area (TPSA) is 82.7 Å². The third kappa shape index (κ3) is 6.83.